The molecule has 2 unspecified atom stereocenters. The van der Waals surface area contributed by atoms with Crippen molar-refractivity contribution in [1.82, 2.24) is 4.90 Å². The average Bonchev–Trinajstić information content (AvgIpc) is 2.57. The summed E-state index contributed by atoms with van der Waals surface area (Å²) >= 11 is 0. The summed E-state index contributed by atoms with van der Waals surface area (Å²) in [5.41, 5.74) is 1.78. The molecule has 1 N–H and O–H groups in total. The second kappa shape index (κ2) is 7.01. The predicted octanol–water partition coefficient (Wildman–Crippen LogP) is 2.93. The monoisotopic (exact) mass is 301 g/mol. The van der Waals surface area contributed by atoms with Crippen molar-refractivity contribution in [3.05, 3.63) is 71.5 Å². The quantitative estimate of drug-likeness (QED) is 0.942. The van der Waals surface area contributed by atoms with Crippen LogP contribution in [0.15, 0.2) is 54.6 Å². The van der Waals surface area contributed by atoms with Crippen LogP contribution in [0, 0.1) is 5.82 Å². The summed E-state index contributed by atoms with van der Waals surface area (Å²) < 4.78 is 18.5. The molecule has 0 radical (unpaired) electrons. The third-order valence-electron chi connectivity index (χ3n) is 4.09. The van der Waals surface area contributed by atoms with Gasteiger partial charge in [0.05, 0.1) is 25.4 Å². The van der Waals surface area contributed by atoms with Crippen molar-refractivity contribution in [1.29, 1.82) is 0 Å². The third-order valence-corrected chi connectivity index (χ3v) is 4.09. The molecular weight excluding hydrogens is 281 g/mol. The molecule has 4 heteroatoms. The van der Waals surface area contributed by atoms with Crippen LogP contribution < -0.4 is 0 Å². The number of morpholine rings is 1. The first kappa shape index (κ1) is 15.2. The van der Waals surface area contributed by atoms with E-state index in [0.29, 0.717) is 13.2 Å². The zero-order chi connectivity index (χ0) is 15.4. The van der Waals surface area contributed by atoms with Crippen LogP contribution in [0.3, 0.4) is 0 Å². The Kier molecular flexibility index (Phi) is 4.83. The average molecular weight is 301 g/mol. The molecule has 1 saturated heterocycles. The Bertz CT molecular complexity index is 582. The lowest BCUT2D eigenvalue weighted by Crippen LogP contribution is -2.41. The molecule has 3 rings (SSSR count). The number of halogens is 1. The fraction of sp³-hybridized carbons (Fsp3) is 0.333. The first-order valence-corrected chi connectivity index (χ1v) is 7.56. The van der Waals surface area contributed by atoms with Crippen LogP contribution in [0.25, 0.3) is 0 Å². The minimum Gasteiger partial charge on any atom is -0.386 e. The Labute approximate surface area is 130 Å². The number of hydrogen-bond acceptors (Lipinski definition) is 3. The standard InChI is InChI=1S/C18H20FNO2/c19-16-8-6-15(7-9-16)18(21)17(14-4-2-1-3-5-14)20-10-12-22-13-11-20/h1-9,17-18,21H,10-13H2. The third kappa shape index (κ3) is 3.35. The lowest BCUT2D eigenvalue weighted by atomic mass is 9.94. The van der Waals surface area contributed by atoms with Crippen molar-refractivity contribution in [3.63, 3.8) is 0 Å². The van der Waals surface area contributed by atoms with Crippen molar-refractivity contribution >= 4 is 0 Å². The van der Waals surface area contributed by atoms with Crippen molar-refractivity contribution in [3.8, 4) is 0 Å². The number of rotatable bonds is 4. The summed E-state index contributed by atoms with van der Waals surface area (Å²) in [6.45, 7) is 2.88. The van der Waals surface area contributed by atoms with Crippen LogP contribution in [0.4, 0.5) is 4.39 Å². The van der Waals surface area contributed by atoms with E-state index in [0.717, 1.165) is 24.2 Å². The van der Waals surface area contributed by atoms with Crippen molar-refractivity contribution in [2.75, 3.05) is 26.3 Å². The largest absolute Gasteiger partial charge is 0.386 e. The summed E-state index contributed by atoms with van der Waals surface area (Å²) in [4.78, 5) is 2.23. The van der Waals surface area contributed by atoms with Gasteiger partial charge in [0.25, 0.3) is 0 Å². The number of nitrogens with zero attached hydrogens (tertiary/aromatic N) is 1. The molecule has 3 nitrogen and oxygen atoms in total. The molecule has 2 aromatic rings. The van der Waals surface area contributed by atoms with E-state index in [1.165, 1.54) is 12.1 Å². The molecule has 0 aromatic heterocycles. The van der Waals surface area contributed by atoms with Gasteiger partial charge in [-0.25, -0.2) is 4.39 Å². The van der Waals surface area contributed by atoms with Crippen molar-refractivity contribution in [2.24, 2.45) is 0 Å². The topological polar surface area (TPSA) is 32.7 Å². The smallest absolute Gasteiger partial charge is 0.123 e. The molecule has 2 aromatic carbocycles. The maximum atomic E-state index is 13.1. The van der Waals surface area contributed by atoms with Gasteiger partial charge in [-0.3, -0.25) is 4.90 Å². The molecule has 22 heavy (non-hydrogen) atoms. The minimum absolute atomic E-state index is 0.157. The Morgan fingerprint density at radius 2 is 1.55 bits per heavy atom. The summed E-state index contributed by atoms with van der Waals surface area (Å²) in [6.07, 6.45) is -0.707. The number of aliphatic hydroxyl groups excluding tert-OH is 1. The molecule has 2 atom stereocenters. The first-order valence-electron chi connectivity index (χ1n) is 7.56. The van der Waals surface area contributed by atoms with Crippen LogP contribution in [0.2, 0.25) is 0 Å². The van der Waals surface area contributed by atoms with Gasteiger partial charge in [-0.15, -0.1) is 0 Å². The lowest BCUT2D eigenvalue weighted by Gasteiger charge is -2.37. The summed E-state index contributed by atoms with van der Waals surface area (Å²) in [6, 6.07) is 15.9. The molecule has 116 valence electrons. The first-order chi connectivity index (χ1) is 10.8. The fourth-order valence-electron chi connectivity index (χ4n) is 2.94. The van der Waals surface area contributed by atoms with E-state index in [-0.39, 0.29) is 11.9 Å². The summed E-state index contributed by atoms with van der Waals surface area (Å²) in [5.74, 6) is -0.293. The number of ether oxygens (including phenoxy) is 1. The van der Waals surface area contributed by atoms with E-state index >= 15 is 0 Å². The molecule has 0 aliphatic carbocycles. The van der Waals surface area contributed by atoms with E-state index in [1.807, 2.05) is 30.3 Å². The van der Waals surface area contributed by atoms with E-state index < -0.39 is 6.10 Å². The highest BCUT2D eigenvalue weighted by Gasteiger charge is 2.29. The Hall–Kier alpha value is -1.75. The summed E-state index contributed by atoms with van der Waals surface area (Å²) in [7, 11) is 0. The molecule has 1 aliphatic heterocycles. The molecular formula is C18H20FNO2. The molecule has 0 bridgehead atoms. The highest BCUT2D eigenvalue weighted by molar-refractivity contribution is 5.26. The maximum absolute atomic E-state index is 13.1. The van der Waals surface area contributed by atoms with Gasteiger partial charge in [-0.05, 0) is 23.3 Å². The Balaban J connectivity index is 1.91. The second-order valence-corrected chi connectivity index (χ2v) is 5.50. The fourth-order valence-corrected chi connectivity index (χ4v) is 2.94. The van der Waals surface area contributed by atoms with E-state index in [4.69, 9.17) is 4.74 Å². The number of benzene rings is 2. The van der Waals surface area contributed by atoms with Crippen LogP contribution in [-0.2, 0) is 4.74 Å². The van der Waals surface area contributed by atoms with Gasteiger partial charge in [-0.1, -0.05) is 42.5 Å². The van der Waals surface area contributed by atoms with Gasteiger partial charge in [0.1, 0.15) is 5.82 Å². The normalized spacial score (nSPS) is 18.8. The van der Waals surface area contributed by atoms with Gasteiger partial charge < -0.3 is 9.84 Å². The van der Waals surface area contributed by atoms with E-state index in [9.17, 15) is 9.50 Å². The highest BCUT2D eigenvalue weighted by Crippen LogP contribution is 2.34. The SMILES string of the molecule is OC(c1ccc(F)cc1)C(c1ccccc1)N1CCOCC1. The van der Waals surface area contributed by atoms with Crippen LogP contribution in [-0.4, -0.2) is 36.3 Å². The van der Waals surface area contributed by atoms with Gasteiger partial charge in [0.15, 0.2) is 0 Å². The molecule has 1 fully saturated rings. The second-order valence-electron chi connectivity index (χ2n) is 5.50. The van der Waals surface area contributed by atoms with Crippen molar-refractivity contribution in [2.45, 2.75) is 12.1 Å². The van der Waals surface area contributed by atoms with Crippen LogP contribution >= 0.6 is 0 Å². The van der Waals surface area contributed by atoms with E-state index in [2.05, 4.69) is 4.90 Å². The number of hydrogen-bond donors (Lipinski definition) is 1. The van der Waals surface area contributed by atoms with Crippen molar-refractivity contribution < 1.29 is 14.2 Å². The van der Waals surface area contributed by atoms with Gasteiger partial charge in [0, 0.05) is 13.1 Å². The summed E-state index contributed by atoms with van der Waals surface area (Å²) in [5, 5.41) is 10.9. The van der Waals surface area contributed by atoms with Crippen LogP contribution in [0.5, 0.6) is 0 Å². The number of aliphatic hydroxyl groups is 1. The minimum atomic E-state index is -0.707. The molecule has 0 saturated carbocycles. The van der Waals surface area contributed by atoms with Crippen LogP contribution in [0.1, 0.15) is 23.3 Å². The van der Waals surface area contributed by atoms with E-state index in [1.54, 1.807) is 12.1 Å². The molecule has 1 aliphatic rings. The van der Waals surface area contributed by atoms with Gasteiger partial charge >= 0.3 is 0 Å². The Morgan fingerprint density at radius 3 is 2.18 bits per heavy atom. The van der Waals surface area contributed by atoms with Gasteiger partial charge in [0.2, 0.25) is 0 Å². The highest BCUT2D eigenvalue weighted by atomic mass is 19.1. The zero-order valence-corrected chi connectivity index (χ0v) is 12.4. The predicted molar refractivity (Wildman–Crippen MR) is 82.9 cm³/mol. The Morgan fingerprint density at radius 1 is 0.909 bits per heavy atom. The maximum Gasteiger partial charge on any atom is 0.123 e. The molecule has 0 amide bonds. The zero-order valence-electron chi connectivity index (χ0n) is 12.4. The molecule has 0 spiro atoms. The lowest BCUT2D eigenvalue weighted by molar-refractivity contribution is -0.0238. The van der Waals surface area contributed by atoms with Gasteiger partial charge in [-0.2, -0.15) is 0 Å². The molecule has 1 heterocycles.